The molecule has 0 N–H and O–H groups in total. The number of fused-ring (bicyclic) bond motifs is 1. The largest absolute Gasteiger partial charge is 0.250 e. The van der Waals surface area contributed by atoms with Crippen LogP contribution in [0.3, 0.4) is 0 Å². The Morgan fingerprint density at radius 1 is 1.00 bits per heavy atom. The average Bonchev–Trinajstić information content (AvgIpc) is 2.03. The van der Waals surface area contributed by atoms with Gasteiger partial charge in [-0.25, -0.2) is 9.97 Å². The Kier molecular flexibility index (Phi) is 2.06. The van der Waals surface area contributed by atoms with Gasteiger partial charge in [0.25, 0.3) is 0 Å². The Balaban J connectivity index is 2.80. The molecule has 2 aromatic heterocycles. The maximum Gasteiger partial charge on any atom is 0.180 e. The van der Waals surface area contributed by atoms with E-state index in [2.05, 4.69) is 46.8 Å². The Hall–Kier alpha value is -0.550. The molecule has 0 aliphatic heterocycles. The van der Waals surface area contributed by atoms with Crippen molar-refractivity contribution in [2.45, 2.75) is 0 Å². The van der Waals surface area contributed by atoms with E-state index in [0.717, 1.165) is 10.1 Å². The van der Waals surface area contributed by atoms with Crippen LogP contribution in [0.15, 0.2) is 27.5 Å². The van der Waals surface area contributed by atoms with Gasteiger partial charge in [-0.3, -0.25) is 4.98 Å². The maximum absolute atomic E-state index is 4.15. The minimum absolute atomic E-state index is 0.638. The van der Waals surface area contributed by atoms with E-state index in [-0.39, 0.29) is 0 Å². The predicted molar refractivity (Wildman–Crippen MR) is 52.7 cm³/mol. The lowest BCUT2D eigenvalue weighted by Gasteiger charge is -1.95. The van der Waals surface area contributed by atoms with E-state index in [1.807, 2.05) is 12.1 Å². The van der Waals surface area contributed by atoms with Gasteiger partial charge in [0.05, 0.1) is 6.20 Å². The van der Waals surface area contributed by atoms with Crippen molar-refractivity contribution in [2.24, 2.45) is 0 Å². The minimum atomic E-state index is 0.638. The number of pyridine rings is 1. The van der Waals surface area contributed by atoms with E-state index in [1.54, 1.807) is 6.20 Å². The van der Waals surface area contributed by atoms with Crippen LogP contribution in [0.5, 0.6) is 0 Å². The zero-order valence-corrected chi connectivity index (χ0v) is 9.00. The Morgan fingerprint density at radius 3 is 2.58 bits per heavy atom. The summed E-state index contributed by atoms with van der Waals surface area (Å²) in [5.41, 5.74) is 1.43. The first kappa shape index (κ1) is 8.07. The summed E-state index contributed by atoms with van der Waals surface area (Å²) in [6.45, 7) is 0. The minimum Gasteiger partial charge on any atom is -0.250 e. The SMILES string of the molecule is Brc1ccc2ncc(Br)nc2n1. The molecule has 0 aromatic carbocycles. The van der Waals surface area contributed by atoms with Crippen LogP contribution >= 0.6 is 31.9 Å². The number of hydrogen-bond donors (Lipinski definition) is 0. The highest BCUT2D eigenvalue weighted by molar-refractivity contribution is 9.10. The molecule has 60 valence electrons. The molecular weight excluding hydrogens is 286 g/mol. The Bertz CT molecular complexity index is 393. The van der Waals surface area contributed by atoms with Crippen LogP contribution in [0.2, 0.25) is 0 Å². The molecule has 5 heteroatoms. The van der Waals surface area contributed by atoms with Gasteiger partial charge in [-0.2, -0.15) is 0 Å². The second-order valence-electron chi connectivity index (χ2n) is 2.17. The van der Waals surface area contributed by atoms with Crippen molar-refractivity contribution >= 4 is 43.0 Å². The predicted octanol–water partition coefficient (Wildman–Crippen LogP) is 2.55. The highest BCUT2D eigenvalue weighted by Crippen LogP contribution is 2.13. The van der Waals surface area contributed by atoms with E-state index in [1.165, 1.54) is 0 Å². The molecule has 0 bridgehead atoms. The van der Waals surface area contributed by atoms with E-state index in [0.29, 0.717) is 10.3 Å². The number of hydrogen-bond acceptors (Lipinski definition) is 3. The fourth-order valence-corrected chi connectivity index (χ4v) is 1.42. The Morgan fingerprint density at radius 2 is 1.75 bits per heavy atom. The van der Waals surface area contributed by atoms with Gasteiger partial charge in [0.1, 0.15) is 14.7 Å². The quantitative estimate of drug-likeness (QED) is 0.700. The lowest BCUT2D eigenvalue weighted by Crippen LogP contribution is -1.87. The van der Waals surface area contributed by atoms with E-state index in [9.17, 15) is 0 Å². The third-order valence-corrected chi connectivity index (χ3v) is 2.17. The Labute approximate surface area is 85.5 Å². The molecule has 0 saturated heterocycles. The first-order valence-electron chi connectivity index (χ1n) is 3.20. The van der Waals surface area contributed by atoms with E-state index >= 15 is 0 Å². The van der Waals surface area contributed by atoms with Crippen molar-refractivity contribution in [3.8, 4) is 0 Å². The molecule has 3 nitrogen and oxygen atoms in total. The molecule has 0 fully saturated rings. The zero-order valence-electron chi connectivity index (χ0n) is 5.83. The molecule has 0 aliphatic carbocycles. The molecule has 2 rings (SSSR count). The van der Waals surface area contributed by atoms with Crippen LogP contribution in [0, 0.1) is 0 Å². The van der Waals surface area contributed by atoms with Crippen LogP contribution in [0.25, 0.3) is 11.2 Å². The number of nitrogens with zero attached hydrogens (tertiary/aromatic N) is 3. The molecule has 0 unspecified atom stereocenters. The fraction of sp³-hybridized carbons (Fsp3) is 0. The second kappa shape index (κ2) is 3.06. The zero-order chi connectivity index (χ0) is 8.55. The van der Waals surface area contributed by atoms with Crippen molar-refractivity contribution in [3.63, 3.8) is 0 Å². The lowest BCUT2D eigenvalue weighted by molar-refractivity contribution is 1.18. The van der Waals surface area contributed by atoms with Crippen molar-refractivity contribution in [1.82, 2.24) is 15.0 Å². The first-order chi connectivity index (χ1) is 5.75. The van der Waals surface area contributed by atoms with E-state index in [4.69, 9.17) is 0 Å². The molecule has 0 spiro atoms. The molecule has 0 atom stereocenters. The standard InChI is InChI=1S/C7H3Br2N3/c8-5-2-1-4-7(11-5)12-6(9)3-10-4/h1-3H. The van der Waals surface area contributed by atoms with Gasteiger partial charge in [-0.05, 0) is 44.0 Å². The third-order valence-electron chi connectivity index (χ3n) is 1.34. The molecule has 2 aromatic rings. The highest BCUT2D eigenvalue weighted by atomic mass is 79.9. The third kappa shape index (κ3) is 1.47. The lowest BCUT2D eigenvalue weighted by atomic mass is 10.4. The van der Waals surface area contributed by atoms with Gasteiger partial charge >= 0.3 is 0 Å². The summed E-state index contributed by atoms with van der Waals surface area (Å²) in [4.78, 5) is 12.4. The molecule has 0 radical (unpaired) electrons. The van der Waals surface area contributed by atoms with Crippen molar-refractivity contribution < 1.29 is 0 Å². The maximum atomic E-state index is 4.15. The van der Waals surface area contributed by atoms with Crippen LogP contribution in [-0.2, 0) is 0 Å². The number of aromatic nitrogens is 3. The topological polar surface area (TPSA) is 38.7 Å². The molecule has 0 amide bonds. The number of halogens is 2. The van der Waals surface area contributed by atoms with Gasteiger partial charge in [0.15, 0.2) is 5.65 Å². The van der Waals surface area contributed by atoms with Crippen LogP contribution in [0.4, 0.5) is 0 Å². The smallest absolute Gasteiger partial charge is 0.180 e. The van der Waals surface area contributed by atoms with Crippen molar-refractivity contribution in [2.75, 3.05) is 0 Å². The highest BCUT2D eigenvalue weighted by Gasteiger charge is 1.98. The van der Waals surface area contributed by atoms with Crippen molar-refractivity contribution in [3.05, 3.63) is 27.5 Å². The summed E-state index contributed by atoms with van der Waals surface area (Å²) >= 11 is 6.49. The summed E-state index contributed by atoms with van der Waals surface area (Å²) in [6.07, 6.45) is 1.65. The summed E-state index contributed by atoms with van der Waals surface area (Å²) < 4.78 is 1.46. The molecule has 12 heavy (non-hydrogen) atoms. The van der Waals surface area contributed by atoms with Gasteiger partial charge in [0.2, 0.25) is 0 Å². The monoisotopic (exact) mass is 287 g/mol. The first-order valence-corrected chi connectivity index (χ1v) is 4.79. The molecular formula is C7H3Br2N3. The van der Waals surface area contributed by atoms with Gasteiger partial charge in [0, 0.05) is 0 Å². The van der Waals surface area contributed by atoms with Crippen LogP contribution in [0.1, 0.15) is 0 Å². The normalized spacial score (nSPS) is 10.5. The molecule has 0 saturated carbocycles. The summed E-state index contributed by atoms with van der Waals surface area (Å²) in [5, 5.41) is 0. The van der Waals surface area contributed by atoms with E-state index < -0.39 is 0 Å². The van der Waals surface area contributed by atoms with Gasteiger partial charge in [-0.15, -0.1) is 0 Å². The average molecular weight is 289 g/mol. The summed E-state index contributed by atoms with van der Waals surface area (Å²) in [6, 6.07) is 3.71. The number of rotatable bonds is 0. The van der Waals surface area contributed by atoms with Gasteiger partial charge < -0.3 is 0 Å². The second-order valence-corrected chi connectivity index (χ2v) is 3.79. The molecule has 2 heterocycles. The van der Waals surface area contributed by atoms with Crippen molar-refractivity contribution in [1.29, 1.82) is 0 Å². The summed E-state index contributed by atoms with van der Waals surface area (Å²) in [7, 11) is 0. The van der Waals surface area contributed by atoms with Crippen LogP contribution < -0.4 is 0 Å². The molecule has 0 aliphatic rings. The van der Waals surface area contributed by atoms with Crippen LogP contribution in [-0.4, -0.2) is 15.0 Å². The van der Waals surface area contributed by atoms with Gasteiger partial charge in [-0.1, -0.05) is 0 Å². The fourth-order valence-electron chi connectivity index (χ4n) is 0.854. The summed E-state index contributed by atoms with van der Waals surface area (Å²) in [5.74, 6) is 0.